The number of anilines is 2. The standard InChI is InChI=1S/C13H17N3O/c1-13(6-2-3-7-13)16-12-15-10-8-9(14)4-5-11(10)17-12/h4-5,8H,2-3,6-7,14H2,1H3,(H,15,16). The number of benzene rings is 1. The van der Waals surface area contributed by atoms with Crippen molar-refractivity contribution < 1.29 is 4.42 Å². The highest BCUT2D eigenvalue weighted by atomic mass is 16.4. The number of nitrogens with one attached hydrogen (secondary N) is 1. The maximum Gasteiger partial charge on any atom is 0.296 e. The van der Waals surface area contributed by atoms with E-state index >= 15 is 0 Å². The quantitative estimate of drug-likeness (QED) is 0.779. The third-order valence-corrected chi connectivity index (χ3v) is 3.53. The van der Waals surface area contributed by atoms with E-state index in [4.69, 9.17) is 10.2 Å². The lowest BCUT2D eigenvalue weighted by atomic mass is 10.0. The van der Waals surface area contributed by atoms with E-state index in [9.17, 15) is 0 Å². The molecule has 0 amide bonds. The normalized spacial score (nSPS) is 18.6. The molecule has 3 N–H and O–H groups in total. The molecule has 0 unspecified atom stereocenters. The summed E-state index contributed by atoms with van der Waals surface area (Å²) in [6.45, 7) is 2.23. The van der Waals surface area contributed by atoms with Gasteiger partial charge in [0.15, 0.2) is 5.58 Å². The highest BCUT2D eigenvalue weighted by Crippen LogP contribution is 2.33. The van der Waals surface area contributed by atoms with Crippen LogP contribution in [0.25, 0.3) is 11.1 Å². The van der Waals surface area contributed by atoms with Crippen LogP contribution < -0.4 is 11.1 Å². The number of hydrogen-bond donors (Lipinski definition) is 2. The highest BCUT2D eigenvalue weighted by Gasteiger charge is 2.29. The number of oxazole rings is 1. The molecule has 3 rings (SSSR count). The molecule has 1 aliphatic rings. The van der Waals surface area contributed by atoms with Gasteiger partial charge in [-0.15, -0.1) is 0 Å². The van der Waals surface area contributed by atoms with Crippen LogP contribution in [0.3, 0.4) is 0 Å². The highest BCUT2D eigenvalue weighted by molar-refractivity contribution is 5.78. The second-order valence-corrected chi connectivity index (χ2v) is 5.14. The molecule has 1 aromatic carbocycles. The first-order valence-electron chi connectivity index (χ1n) is 6.09. The first-order valence-corrected chi connectivity index (χ1v) is 6.09. The summed E-state index contributed by atoms with van der Waals surface area (Å²) in [7, 11) is 0. The summed E-state index contributed by atoms with van der Waals surface area (Å²) < 4.78 is 5.67. The van der Waals surface area contributed by atoms with Crippen LogP contribution in [-0.2, 0) is 0 Å². The molecular formula is C13H17N3O. The number of hydrogen-bond acceptors (Lipinski definition) is 4. The molecule has 1 aliphatic carbocycles. The van der Waals surface area contributed by atoms with Crippen LogP contribution >= 0.6 is 0 Å². The van der Waals surface area contributed by atoms with E-state index in [-0.39, 0.29) is 5.54 Å². The molecule has 17 heavy (non-hydrogen) atoms. The summed E-state index contributed by atoms with van der Waals surface area (Å²) in [5.74, 6) is 0. The van der Waals surface area contributed by atoms with Gasteiger partial charge in [0.1, 0.15) is 5.52 Å². The Balaban J connectivity index is 1.90. The lowest BCUT2D eigenvalue weighted by Gasteiger charge is -2.23. The van der Waals surface area contributed by atoms with Crippen molar-refractivity contribution in [3.63, 3.8) is 0 Å². The van der Waals surface area contributed by atoms with E-state index in [1.807, 2.05) is 18.2 Å². The molecule has 2 aromatic rings. The van der Waals surface area contributed by atoms with Crippen molar-refractivity contribution in [1.82, 2.24) is 4.98 Å². The fourth-order valence-corrected chi connectivity index (χ4v) is 2.54. The van der Waals surface area contributed by atoms with Crippen LogP contribution in [0.1, 0.15) is 32.6 Å². The van der Waals surface area contributed by atoms with Crippen LogP contribution in [0.2, 0.25) is 0 Å². The summed E-state index contributed by atoms with van der Waals surface area (Å²) in [5, 5.41) is 3.41. The van der Waals surface area contributed by atoms with E-state index in [1.165, 1.54) is 25.7 Å². The largest absolute Gasteiger partial charge is 0.424 e. The summed E-state index contributed by atoms with van der Waals surface area (Å²) in [5.41, 5.74) is 8.16. The van der Waals surface area contributed by atoms with Crippen LogP contribution in [0.4, 0.5) is 11.7 Å². The van der Waals surface area contributed by atoms with Gasteiger partial charge in [-0.2, -0.15) is 4.98 Å². The zero-order valence-corrected chi connectivity index (χ0v) is 9.99. The maximum absolute atomic E-state index is 5.72. The molecule has 0 saturated heterocycles. The monoisotopic (exact) mass is 231 g/mol. The van der Waals surface area contributed by atoms with Crippen molar-refractivity contribution in [2.24, 2.45) is 0 Å². The van der Waals surface area contributed by atoms with Gasteiger partial charge < -0.3 is 15.5 Å². The minimum absolute atomic E-state index is 0.131. The Labute approximate surface area is 100 Å². The van der Waals surface area contributed by atoms with Crippen LogP contribution in [-0.4, -0.2) is 10.5 Å². The average molecular weight is 231 g/mol. The molecule has 4 heteroatoms. The van der Waals surface area contributed by atoms with Crippen LogP contribution in [0.5, 0.6) is 0 Å². The fourth-order valence-electron chi connectivity index (χ4n) is 2.54. The van der Waals surface area contributed by atoms with Gasteiger partial charge in [-0.05, 0) is 38.0 Å². The van der Waals surface area contributed by atoms with E-state index < -0.39 is 0 Å². The molecule has 1 saturated carbocycles. The van der Waals surface area contributed by atoms with E-state index in [0.717, 1.165) is 11.1 Å². The molecule has 1 aromatic heterocycles. The predicted octanol–water partition coefficient (Wildman–Crippen LogP) is 3.15. The van der Waals surface area contributed by atoms with Crippen molar-refractivity contribution >= 4 is 22.8 Å². The maximum atomic E-state index is 5.72. The molecule has 0 spiro atoms. The topological polar surface area (TPSA) is 64.1 Å². The second kappa shape index (κ2) is 3.65. The number of nitrogens with zero attached hydrogens (tertiary/aromatic N) is 1. The fraction of sp³-hybridized carbons (Fsp3) is 0.462. The number of nitrogen functional groups attached to an aromatic ring is 1. The number of fused-ring (bicyclic) bond motifs is 1. The smallest absolute Gasteiger partial charge is 0.296 e. The zero-order chi connectivity index (χ0) is 11.9. The first-order chi connectivity index (χ1) is 8.15. The van der Waals surface area contributed by atoms with Crippen LogP contribution in [0.15, 0.2) is 22.6 Å². The van der Waals surface area contributed by atoms with Crippen molar-refractivity contribution in [3.05, 3.63) is 18.2 Å². The van der Waals surface area contributed by atoms with E-state index in [2.05, 4.69) is 17.2 Å². The molecule has 1 fully saturated rings. The minimum atomic E-state index is 0.131. The number of nitrogens with two attached hydrogens (primary N) is 1. The summed E-state index contributed by atoms with van der Waals surface area (Å²) in [6, 6.07) is 6.13. The Kier molecular flexibility index (Phi) is 2.24. The third-order valence-electron chi connectivity index (χ3n) is 3.53. The van der Waals surface area contributed by atoms with Crippen molar-refractivity contribution in [2.45, 2.75) is 38.1 Å². The Bertz CT molecular complexity index is 541. The summed E-state index contributed by atoms with van der Waals surface area (Å²) in [6.07, 6.45) is 4.90. The van der Waals surface area contributed by atoms with E-state index in [1.54, 1.807) is 0 Å². The van der Waals surface area contributed by atoms with Gasteiger partial charge in [0.25, 0.3) is 6.01 Å². The summed E-state index contributed by atoms with van der Waals surface area (Å²) in [4.78, 5) is 4.42. The third kappa shape index (κ3) is 1.95. The van der Waals surface area contributed by atoms with Gasteiger partial charge in [0.05, 0.1) is 0 Å². The average Bonchev–Trinajstić information content (AvgIpc) is 2.84. The molecule has 1 heterocycles. The second-order valence-electron chi connectivity index (χ2n) is 5.14. The molecule has 0 radical (unpaired) electrons. The molecule has 4 nitrogen and oxygen atoms in total. The zero-order valence-electron chi connectivity index (χ0n) is 9.99. The van der Waals surface area contributed by atoms with Gasteiger partial charge in [0, 0.05) is 11.2 Å². The minimum Gasteiger partial charge on any atom is -0.424 e. The lowest BCUT2D eigenvalue weighted by molar-refractivity contribution is 0.497. The molecule has 0 bridgehead atoms. The molecule has 0 aliphatic heterocycles. The van der Waals surface area contributed by atoms with Gasteiger partial charge in [-0.3, -0.25) is 0 Å². The lowest BCUT2D eigenvalue weighted by Crippen LogP contribution is -2.30. The molecule has 0 atom stereocenters. The Hall–Kier alpha value is -1.71. The molecule has 90 valence electrons. The number of rotatable bonds is 2. The van der Waals surface area contributed by atoms with Gasteiger partial charge >= 0.3 is 0 Å². The van der Waals surface area contributed by atoms with Crippen LogP contribution in [0, 0.1) is 0 Å². The van der Waals surface area contributed by atoms with Crippen molar-refractivity contribution in [3.8, 4) is 0 Å². The number of aromatic nitrogens is 1. The van der Waals surface area contributed by atoms with Gasteiger partial charge in [-0.25, -0.2) is 0 Å². The predicted molar refractivity (Wildman–Crippen MR) is 68.9 cm³/mol. The van der Waals surface area contributed by atoms with Crippen molar-refractivity contribution in [1.29, 1.82) is 0 Å². The molecular weight excluding hydrogens is 214 g/mol. The Morgan fingerprint density at radius 1 is 1.35 bits per heavy atom. The van der Waals surface area contributed by atoms with E-state index in [0.29, 0.717) is 11.7 Å². The van der Waals surface area contributed by atoms with Gasteiger partial charge in [-0.1, -0.05) is 12.8 Å². The van der Waals surface area contributed by atoms with Crippen molar-refractivity contribution in [2.75, 3.05) is 11.1 Å². The van der Waals surface area contributed by atoms with Gasteiger partial charge in [0.2, 0.25) is 0 Å². The SMILES string of the molecule is CC1(Nc2nc3cc(N)ccc3o2)CCCC1. The first kappa shape index (κ1) is 10.4. The Morgan fingerprint density at radius 3 is 2.88 bits per heavy atom. The summed E-state index contributed by atoms with van der Waals surface area (Å²) >= 11 is 0. The Morgan fingerprint density at radius 2 is 2.12 bits per heavy atom.